The summed E-state index contributed by atoms with van der Waals surface area (Å²) in [5.74, 6) is 0.674. The Morgan fingerprint density at radius 2 is 2.25 bits per heavy atom. The zero-order valence-electron chi connectivity index (χ0n) is 11.3. The molecule has 0 fully saturated rings. The van der Waals surface area contributed by atoms with Crippen molar-refractivity contribution in [3.05, 3.63) is 34.3 Å². The van der Waals surface area contributed by atoms with E-state index in [0.29, 0.717) is 5.89 Å². The van der Waals surface area contributed by atoms with E-state index >= 15 is 0 Å². The van der Waals surface area contributed by atoms with E-state index in [2.05, 4.69) is 36.4 Å². The molecule has 2 heterocycles. The second kappa shape index (κ2) is 5.38. The fourth-order valence-corrected chi connectivity index (χ4v) is 2.77. The molecule has 3 rings (SSSR count). The van der Waals surface area contributed by atoms with Crippen LogP contribution in [0.2, 0.25) is 0 Å². The maximum Gasteiger partial charge on any atom is 0.192 e. The number of aryl methyl sites for hydroxylation is 1. The molecule has 0 aliphatic carbocycles. The van der Waals surface area contributed by atoms with E-state index in [9.17, 15) is 0 Å². The van der Waals surface area contributed by atoms with Gasteiger partial charge >= 0.3 is 0 Å². The van der Waals surface area contributed by atoms with Crippen molar-refractivity contribution >= 4 is 27.0 Å². The van der Waals surface area contributed by atoms with Crippen molar-refractivity contribution in [2.45, 2.75) is 13.3 Å². The van der Waals surface area contributed by atoms with Gasteiger partial charge in [0.1, 0.15) is 11.2 Å². The Kier molecular flexibility index (Phi) is 3.58. The molecule has 2 N–H and O–H groups in total. The molecule has 2 aromatic heterocycles. The largest absolute Gasteiger partial charge is 0.441 e. The van der Waals surface area contributed by atoms with Crippen LogP contribution in [0, 0.1) is 6.92 Å². The van der Waals surface area contributed by atoms with Gasteiger partial charge in [0.15, 0.2) is 11.5 Å². The minimum absolute atomic E-state index is 0.674. The summed E-state index contributed by atoms with van der Waals surface area (Å²) >= 11 is 3.62. The van der Waals surface area contributed by atoms with Gasteiger partial charge in [0.05, 0.1) is 10.2 Å². The molecule has 1 aromatic carbocycles. The van der Waals surface area contributed by atoms with E-state index < -0.39 is 0 Å². The summed E-state index contributed by atoms with van der Waals surface area (Å²) in [6, 6.07) is 5.92. The average molecular weight is 335 g/mol. The number of halogens is 1. The fourth-order valence-electron chi connectivity index (χ4n) is 2.16. The van der Waals surface area contributed by atoms with Crippen molar-refractivity contribution in [3.8, 4) is 11.3 Å². The summed E-state index contributed by atoms with van der Waals surface area (Å²) in [6.07, 6.45) is 0.898. The van der Waals surface area contributed by atoms with Gasteiger partial charge in [-0.05, 0) is 41.2 Å². The number of hydrogen-bond acceptors (Lipinski definition) is 4. The number of fused-ring (bicyclic) bond motifs is 1. The Balaban J connectivity index is 1.99. The Morgan fingerprint density at radius 1 is 1.40 bits per heavy atom. The van der Waals surface area contributed by atoms with Gasteiger partial charge in [-0.15, -0.1) is 0 Å². The van der Waals surface area contributed by atoms with Crippen molar-refractivity contribution in [1.29, 1.82) is 0 Å². The number of hydrogen-bond donors (Lipinski definition) is 2. The van der Waals surface area contributed by atoms with E-state index in [1.54, 1.807) is 0 Å². The first kappa shape index (κ1) is 13.3. The smallest absolute Gasteiger partial charge is 0.192 e. The van der Waals surface area contributed by atoms with Crippen LogP contribution in [0.25, 0.3) is 22.4 Å². The van der Waals surface area contributed by atoms with Gasteiger partial charge in [-0.2, -0.15) is 5.10 Å². The molecule has 5 nitrogen and oxygen atoms in total. The number of nitrogens with zero attached hydrogens (tertiary/aromatic N) is 2. The van der Waals surface area contributed by atoms with Crippen LogP contribution in [-0.4, -0.2) is 28.8 Å². The Hall–Kier alpha value is -1.66. The molecule has 6 heteroatoms. The lowest BCUT2D eigenvalue weighted by molar-refractivity contribution is 0.561. The zero-order valence-corrected chi connectivity index (χ0v) is 12.9. The van der Waals surface area contributed by atoms with Crippen LogP contribution >= 0.6 is 15.9 Å². The van der Waals surface area contributed by atoms with Crippen LogP contribution < -0.4 is 5.32 Å². The van der Waals surface area contributed by atoms with E-state index in [-0.39, 0.29) is 0 Å². The molecule has 20 heavy (non-hydrogen) atoms. The summed E-state index contributed by atoms with van der Waals surface area (Å²) in [7, 11) is 1.94. The SMILES string of the molecule is CNCCc1[nH]nc(-c2ccc3oc(C)nc3c2)c1Br. The van der Waals surface area contributed by atoms with Crippen LogP contribution in [-0.2, 0) is 6.42 Å². The number of oxazole rings is 1. The molecular weight excluding hydrogens is 320 g/mol. The van der Waals surface area contributed by atoms with Crippen molar-refractivity contribution in [3.63, 3.8) is 0 Å². The first-order chi connectivity index (χ1) is 9.69. The molecule has 0 radical (unpaired) electrons. The molecule has 0 bridgehead atoms. The first-order valence-electron chi connectivity index (χ1n) is 6.44. The molecule has 0 aliphatic heterocycles. The topological polar surface area (TPSA) is 66.7 Å². The molecule has 0 atom stereocenters. The second-order valence-electron chi connectivity index (χ2n) is 4.63. The second-order valence-corrected chi connectivity index (χ2v) is 5.43. The van der Waals surface area contributed by atoms with Crippen LogP contribution in [0.4, 0.5) is 0 Å². The molecule has 0 saturated heterocycles. The number of H-pyrrole nitrogens is 1. The highest BCUT2D eigenvalue weighted by Gasteiger charge is 2.13. The van der Waals surface area contributed by atoms with E-state index in [0.717, 1.165) is 45.5 Å². The minimum atomic E-state index is 0.674. The van der Waals surface area contributed by atoms with Crippen LogP contribution in [0.3, 0.4) is 0 Å². The van der Waals surface area contributed by atoms with Gasteiger partial charge in [0.25, 0.3) is 0 Å². The number of aromatic amines is 1. The first-order valence-corrected chi connectivity index (χ1v) is 7.23. The zero-order chi connectivity index (χ0) is 14.1. The molecule has 3 aromatic rings. The van der Waals surface area contributed by atoms with Gasteiger partial charge in [-0.3, -0.25) is 5.10 Å². The van der Waals surface area contributed by atoms with E-state index in [4.69, 9.17) is 4.42 Å². The quantitative estimate of drug-likeness (QED) is 0.769. The molecule has 0 saturated carbocycles. The lowest BCUT2D eigenvalue weighted by Crippen LogP contribution is -2.10. The normalized spacial score (nSPS) is 11.3. The predicted molar refractivity (Wildman–Crippen MR) is 81.7 cm³/mol. The van der Waals surface area contributed by atoms with Gasteiger partial charge in [0.2, 0.25) is 0 Å². The fraction of sp³-hybridized carbons (Fsp3) is 0.286. The summed E-state index contributed by atoms with van der Waals surface area (Å²) in [6.45, 7) is 2.75. The van der Waals surface area contributed by atoms with E-state index in [1.165, 1.54) is 0 Å². The average Bonchev–Trinajstić information content (AvgIpc) is 2.97. The number of aromatic nitrogens is 3. The maximum absolute atomic E-state index is 5.49. The highest BCUT2D eigenvalue weighted by Crippen LogP contribution is 2.31. The van der Waals surface area contributed by atoms with Gasteiger partial charge < -0.3 is 9.73 Å². The number of likely N-dealkylation sites (N-methyl/N-ethyl adjacent to an activating group) is 1. The van der Waals surface area contributed by atoms with Crippen molar-refractivity contribution in [1.82, 2.24) is 20.5 Å². The molecule has 0 aliphatic rings. The highest BCUT2D eigenvalue weighted by atomic mass is 79.9. The van der Waals surface area contributed by atoms with Gasteiger partial charge in [0, 0.05) is 25.5 Å². The molecular formula is C14H15BrN4O. The predicted octanol–water partition coefficient (Wildman–Crippen LogP) is 3.05. The lowest BCUT2D eigenvalue weighted by Gasteiger charge is -1.99. The summed E-state index contributed by atoms with van der Waals surface area (Å²) in [4.78, 5) is 4.36. The van der Waals surface area contributed by atoms with E-state index in [1.807, 2.05) is 32.2 Å². The van der Waals surface area contributed by atoms with Crippen LogP contribution in [0.5, 0.6) is 0 Å². The highest BCUT2D eigenvalue weighted by molar-refractivity contribution is 9.10. The van der Waals surface area contributed by atoms with Crippen molar-refractivity contribution in [2.24, 2.45) is 0 Å². The molecule has 0 spiro atoms. The third kappa shape index (κ3) is 2.36. The Bertz CT molecular complexity index is 747. The number of benzene rings is 1. The molecule has 0 amide bonds. The summed E-state index contributed by atoms with van der Waals surface area (Å²) < 4.78 is 6.49. The third-order valence-corrected chi connectivity index (χ3v) is 4.02. The molecule has 0 unspecified atom stereocenters. The minimum Gasteiger partial charge on any atom is -0.441 e. The summed E-state index contributed by atoms with van der Waals surface area (Å²) in [5.41, 5.74) is 4.66. The van der Waals surface area contributed by atoms with Crippen LogP contribution in [0.1, 0.15) is 11.6 Å². The maximum atomic E-state index is 5.49. The standard InChI is InChI=1S/C14H15BrN4O/c1-8-17-11-7-9(3-4-12(11)20-8)14-13(15)10(18-19-14)5-6-16-2/h3-4,7,16H,5-6H2,1-2H3,(H,18,19). The van der Waals surface area contributed by atoms with Crippen molar-refractivity contribution in [2.75, 3.05) is 13.6 Å². The number of nitrogens with one attached hydrogen (secondary N) is 2. The van der Waals surface area contributed by atoms with Crippen LogP contribution in [0.15, 0.2) is 27.1 Å². The molecule has 104 valence electrons. The Morgan fingerprint density at radius 3 is 3.05 bits per heavy atom. The van der Waals surface area contributed by atoms with Gasteiger partial charge in [-0.1, -0.05) is 0 Å². The lowest BCUT2D eigenvalue weighted by atomic mass is 10.1. The number of rotatable bonds is 4. The monoisotopic (exact) mass is 334 g/mol. The summed E-state index contributed by atoms with van der Waals surface area (Å²) in [5, 5.41) is 10.6. The third-order valence-electron chi connectivity index (χ3n) is 3.17. The van der Waals surface area contributed by atoms with Gasteiger partial charge in [-0.25, -0.2) is 4.98 Å². The Labute approximate surface area is 124 Å². The van der Waals surface area contributed by atoms with Crippen molar-refractivity contribution < 1.29 is 4.42 Å².